The molecule has 8 heteroatoms. The molecule has 0 radical (unpaired) electrons. The first-order chi connectivity index (χ1) is 18.7. The number of nitrogens with one attached hydrogen (secondary N) is 2. The van der Waals surface area contributed by atoms with Crippen molar-refractivity contribution in [2.24, 2.45) is 32.5 Å². The first kappa shape index (κ1) is 39.1. The fourth-order valence-corrected chi connectivity index (χ4v) is 6.91. The van der Waals surface area contributed by atoms with Crippen LogP contribution >= 0.6 is 0 Å². The third-order valence-corrected chi connectivity index (χ3v) is 9.10. The summed E-state index contributed by atoms with van der Waals surface area (Å²) in [5.74, 6) is -1.15. The van der Waals surface area contributed by atoms with E-state index in [1.165, 1.54) is 0 Å². The fourth-order valence-electron chi connectivity index (χ4n) is 6.91. The number of carboxylic acid groups (broad SMARTS) is 1. The summed E-state index contributed by atoms with van der Waals surface area (Å²) < 4.78 is 5.34. The number of carbonyl (C=O) groups excluding carboxylic acids is 3. The number of carbonyl (C=O) groups is 4. The maximum atomic E-state index is 14.1. The Labute approximate surface area is 262 Å². The Balaban J connectivity index is 3.37. The molecule has 1 aliphatic heterocycles. The maximum Gasteiger partial charge on any atom is 0.351 e. The van der Waals surface area contributed by atoms with Gasteiger partial charge in [-0.3, -0.25) is 14.4 Å². The molecule has 0 aromatic rings. The van der Waals surface area contributed by atoms with Gasteiger partial charge in [0.25, 0.3) is 0 Å². The molecule has 0 bridgehead atoms. The van der Waals surface area contributed by atoms with Gasteiger partial charge < -0.3 is 20.5 Å². The van der Waals surface area contributed by atoms with Gasteiger partial charge in [-0.1, -0.05) is 76.2 Å². The zero-order valence-corrected chi connectivity index (χ0v) is 30.5. The summed E-state index contributed by atoms with van der Waals surface area (Å²) in [6.07, 6.45) is 1.71. The van der Waals surface area contributed by atoms with E-state index in [4.69, 9.17) is 4.74 Å². The lowest BCUT2D eigenvalue weighted by Gasteiger charge is -2.46. The van der Waals surface area contributed by atoms with Crippen LogP contribution < -0.4 is 10.6 Å². The predicted octanol–water partition coefficient (Wildman–Crippen LogP) is 6.93. The molecule has 3 atom stereocenters. The standard InChI is InChI=1S/C35H64N2O6/c1-28(2,3)24(38)33(13,14)20-31(9,10)22(19-35(17)27(42)43-35)36-25(39)34(15,16)21-32(11,12)23(37-29(4,5)6)18-30(7,8)26(40)41/h22-23,37H,18-21H2,1-17H3,(H,36,39)(H,40,41). The van der Waals surface area contributed by atoms with Crippen LogP contribution in [0.25, 0.3) is 0 Å². The summed E-state index contributed by atoms with van der Waals surface area (Å²) in [6, 6.07) is -0.612. The number of rotatable bonds is 15. The molecule has 0 aliphatic carbocycles. The molecule has 0 aromatic carbocycles. The summed E-state index contributed by atoms with van der Waals surface area (Å²) in [4.78, 5) is 51.7. The van der Waals surface area contributed by atoms with Gasteiger partial charge in [0.2, 0.25) is 11.5 Å². The van der Waals surface area contributed by atoms with Gasteiger partial charge in [-0.2, -0.15) is 0 Å². The van der Waals surface area contributed by atoms with E-state index >= 15 is 0 Å². The average molecular weight is 609 g/mol. The highest BCUT2D eigenvalue weighted by Crippen LogP contribution is 2.46. The molecule has 0 saturated carbocycles. The van der Waals surface area contributed by atoms with Crippen molar-refractivity contribution in [3.05, 3.63) is 0 Å². The van der Waals surface area contributed by atoms with Gasteiger partial charge in [-0.25, -0.2) is 4.79 Å². The van der Waals surface area contributed by atoms with Crippen molar-refractivity contribution in [2.45, 2.75) is 167 Å². The number of hydrogen-bond acceptors (Lipinski definition) is 6. The van der Waals surface area contributed by atoms with E-state index in [0.717, 1.165) is 0 Å². The fraction of sp³-hybridized carbons (Fsp3) is 0.886. The second-order valence-electron chi connectivity index (χ2n) is 18.9. The molecule has 43 heavy (non-hydrogen) atoms. The van der Waals surface area contributed by atoms with E-state index in [2.05, 4.69) is 45.3 Å². The summed E-state index contributed by atoms with van der Waals surface area (Å²) in [5, 5.41) is 16.8. The van der Waals surface area contributed by atoms with Gasteiger partial charge in [0.05, 0.1) is 5.41 Å². The van der Waals surface area contributed by atoms with Crippen molar-refractivity contribution in [3.63, 3.8) is 0 Å². The van der Waals surface area contributed by atoms with Gasteiger partial charge in [0.15, 0.2) is 0 Å². The molecule has 1 fully saturated rings. The number of hydrogen-bond donors (Lipinski definition) is 3. The highest BCUT2D eigenvalue weighted by molar-refractivity contribution is 5.92. The molecular formula is C35H64N2O6. The lowest BCUT2D eigenvalue weighted by atomic mass is 9.63. The minimum atomic E-state index is -0.957. The third kappa shape index (κ3) is 10.6. The second kappa shape index (κ2) is 12.1. The van der Waals surface area contributed by atoms with Crippen molar-refractivity contribution >= 4 is 23.6 Å². The molecule has 1 rings (SSSR count). The van der Waals surface area contributed by atoms with Crippen LogP contribution in [-0.2, 0) is 23.9 Å². The summed E-state index contributed by atoms with van der Waals surface area (Å²) in [7, 11) is 0. The lowest BCUT2D eigenvalue weighted by molar-refractivity contribution is -0.148. The molecule has 3 unspecified atom stereocenters. The van der Waals surface area contributed by atoms with Gasteiger partial charge in [-0.15, -0.1) is 0 Å². The van der Waals surface area contributed by atoms with Crippen LogP contribution in [0, 0.1) is 32.5 Å². The maximum absolute atomic E-state index is 14.1. The molecule has 8 nitrogen and oxygen atoms in total. The number of carboxylic acids is 1. The highest BCUT2D eigenvalue weighted by atomic mass is 16.7. The normalized spacial score (nSPS) is 20.3. The molecular weight excluding hydrogens is 544 g/mol. The van der Waals surface area contributed by atoms with Crippen LogP contribution in [0.4, 0.5) is 0 Å². The van der Waals surface area contributed by atoms with E-state index in [-0.39, 0.29) is 29.2 Å². The van der Waals surface area contributed by atoms with Gasteiger partial charge in [-0.05, 0) is 71.6 Å². The van der Waals surface area contributed by atoms with Crippen molar-refractivity contribution in [2.75, 3.05) is 0 Å². The largest absolute Gasteiger partial charge is 0.481 e. The number of aliphatic carboxylic acids is 1. The van der Waals surface area contributed by atoms with Crippen LogP contribution in [0.1, 0.15) is 143 Å². The molecule has 1 aliphatic rings. The molecule has 1 amide bonds. The Kier molecular flexibility index (Phi) is 11.0. The number of amides is 1. The minimum Gasteiger partial charge on any atom is -0.481 e. The minimum absolute atomic E-state index is 0.145. The van der Waals surface area contributed by atoms with Crippen LogP contribution in [0.15, 0.2) is 0 Å². The van der Waals surface area contributed by atoms with Crippen LogP contribution in [0.3, 0.4) is 0 Å². The molecule has 3 N–H and O–H groups in total. The van der Waals surface area contributed by atoms with E-state index < -0.39 is 50.1 Å². The Morgan fingerprint density at radius 1 is 0.744 bits per heavy atom. The topological polar surface area (TPSA) is 125 Å². The van der Waals surface area contributed by atoms with E-state index in [9.17, 15) is 24.3 Å². The Bertz CT molecular complexity index is 1070. The number of epoxide rings is 1. The zero-order chi connectivity index (χ0) is 34.4. The summed E-state index contributed by atoms with van der Waals surface area (Å²) in [6.45, 7) is 33.2. The van der Waals surface area contributed by atoms with Gasteiger partial charge in [0, 0.05) is 40.3 Å². The zero-order valence-electron chi connectivity index (χ0n) is 30.5. The molecule has 0 spiro atoms. The highest BCUT2D eigenvalue weighted by Gasteiger charge is 2.57. The second-order valence-corrected chi connectivity index (χ2v) is 18.9. The summed E-state index contributed by atoms with van der Waals surface area (Å²) in [5.41, 5.74) is -5.15. The molecule has 0 aromatic heterocycles. The average Bonchev–Trinajstić information content (AvgIpc) is 3.34. The monoisotopic (exact) mass is 608 g/mol. The van der Waals surface area contributed by atoms with Crippen LogP contribution in [-0.4, -0.2) is 52.0 Å². The Morgan fingerprint density at radius 2 is 1.16 bits per heavy atom. The molecule has 250 valence electrons. The molecule has 1 saturated heterocycles. The number of ether oxygens (including phenoxy) is 1. The van der Waals surface area contributed by atoms with Crippen LogP contribution in [0.5, 0.6) is 0 Å². The summed E-state index contributed by atoms with van der Waals surface area (Å²) >= 11 is 0. The first-order valence-corrected chi connectivity index (χ1v) is 15.8. The smallest absolute Gasteiger partial charge is 0.351 e. The van der Waals surface area contributed by atoms with E-state index in [0.29, 0.717) is 25.7 Å². The van der Waals surface area contributed by atoms with Gasteiger partial charge >= 0.3 is 11.9 Å². The van der Waals surface area contributed by atoms with Crippen molar-refractivity contribution < 1.29 is 29.0 Å². The number of ketones is 1. The molecule has 1 heterocycles. The van der Waals surface area contributed by atoms with Gasteiger partial charge in [0.1, 0.15) is 5.78 Å². The third-order valence-electron chi connectivity index (χ3n) is 9.10. The lowest BCUT2D eigenvalue weighted by Crippen LogP contribution is -2.56. The quantitative estimate of drug-likeness (QED) is 0.172. The van der Waals surface area contributed by atoms with Crippen molar-refractivity contribution in [1.29, 1.82) is 0 Å². The van der Waals surface area contributed by atoms with Crippen LogP contribution in [0.2, 0.25) is 0 Å². The van der Waals surface area contributed by atoms with Crippen molar-refractivity contribution in [3.8, 4) is 0 Å². The van der Waals surface area contributed by atoms with Crippen molar-refractivity contribution in [1.82, 2.24) is 10.6 Å². The SMILES string of the molecule is CC(C)(C)NC(CC(C)(C)C(=O)O)C(C)(C)CC(C)(C)C(=O)NC(CC1(C)OC1=O)C(C)(C)CC(C)(C)C(=O)C(C)(C)C. The number of cyclic esters (lactones) is 1. The van der Waals surface area contributed by atoms with E-state index in [1.807, 2.05) is 62.3 Å². The Hall–Kier alpha value is -1.96. The first-order valence-electron chi connectivity index (χ1n) is 15.8. The Morgan fingerprint density at radius 3 is 1.53 bits per heavy atom. The van der Waals surface area contributed by atoms with E-state index in [1.54, 1.807) is 20.8 Å². The number of Topliss-reactive ketones (excluding diaryl/α,β-unsaturated/α-hetero) is 1. The predicted molar refractivity (Wildman–Crippen MR) is 173 cm³/mol.